The topological polar surface area (TPSA) is 84.1 Å². The summed E-state index contributed by atoms with van der Waals surface area (Å²) in [6.07, 6.45) is -2.08. The zero-order chi connectivity index (χ0) is 23.0. The van der Waals surface area contributed by atoms with Crippen LogP contribution in [0, 0.1) is 5.82 Å². The Labute approximate surface area is 183 Å². The van der Waals surface area contributed by atoms with E-state index in [1.54, 1.807) is 0 Å². The molecule has 1 amide bonds. The molecule has 0 bridgehead atoms. The van der Waals surface area contributed by atoms with Gasteiger partial charge in [-0.25, -0.2) is 9.49 Å². The van der Waals surface area contributed by atoms with E-state index in [1.807, 2.05) is 0 Å². The molecule has 11 heteroatoms. The highest BCUT2D eigenvalue weighted by atomic mass is 35.5. The number of nitrogens with one attached hydrogen (secondary N) is 2. The van der Waals surface area contributed by atoms with Crippen LogP contribution in [0.15, 0.2) is 47.4 Å². The number of aromatic nitrogens is 2. The first-order chi connectivity index (χ1) is 15.1. The number of carbonyl (C=O) groups is 1. The lowest BCUT2D eigenvalue weighted by atomic mass is 10.1. The predicted molar refractivity (Wildman–Crippen MR) is 108 cm³/mol. The molecular formula is C21H14ClF4N3O3. The normalized spacial score (nSPS) is 13.7. The van der Waals surface area contributed by atoms with Crippen molar-refractivity contribution in [2.24, 2.45) is 0 Å². The zero-order valence-corrected chi connectivity index (χ0v) is 16.9. The van der Waals surface area contributed by atoms with Crippen molar-refractivity contribution in [2.75, 3.05) is 5.32 Å². The highest BCUT2D eigenvalue weighted by molar-refractivity contribution is 6.32. The fourth-order valence-electron chi connectivity index (χ4n) is 3.12. The number of anilines is 1. The van der Waals surface area contributed by atoms with Crippen LogP contribution >= 0.6 is 11.6 Å². The summed E-state index contributed by atoms with van der Waals surface area (Å²) in [4.78, 5) is 24.2. The number of halogens is 5. The summed E-state index contributed by atoms with van der Waals surface area (Å²) < 4.78 is 59.7. The van der Waals surface area contributed by atoms with Crippen LogP contribution in [-0.2, 0) is 6.18 Å². The Morgan fingerprint density at radius 2 is 1.91 bits per heavy atom. The van der Waals surface area contributed by atoms with Gasteiger partial charge in [-0.1, -0.05) is 11.6 Å². The van der Waals surface area contributed by atoms with Crippen LogP contribution in [0.1, 0.15) is 40.2 Å². The van der Waals surface area contributed by atoms with Crippen LogP contribution in [-0.4, -0.2) is 16.1 Å². The van der Waals surface area contributed by atoms with E-state index in [1.165, 1.54) is 12.1 Å². The number of benzene rings is 2. The molecule has 4 rings (SSSR count). The molecule has 1 saturated carbocycles. The molecule has 3 aromatic rings. The van der Waals surface area contributed by atoms with Gasteiger partial charge in [0.05, 0.1) is 28.0 Å². The smallest absolute Gasteiger partial charge is 0.417 e. The minimum Gasteiger partial charge on any atom is -0.456 e. The number of alkyl halides is 3. The molecule has 0 atom stereocenters. The lowest BCUT2D eigenvalue weighted by molar-refractivity contribution is -0.137. The van der Waals surface area contributed by atoms with E-state index in [4.69, 9.17) is 16.3 Å². The van der Waals surface area contributed by atoms with Crippen molar-refractivity contribution in [2.45, 2.75) is 24.9 Å². The molecule has 1 fully saturated rings. The Bertz CT molecular complexity index is 1260. The van der Waals surface area contributed by atoms with Gasteiger partial charge in [0.1, 0.15) is 17.3 Å². The third kappa shape index (κ3) is 4.75. The minimum absolute atomic E-state index is 0.0150. The number of aromatic amines is 1. The molecular weight excluding hydrogens is 454 g/mol. The molecule has 0 radical (unpaired) electrons. The molecule has 32 heavy (non-hydrogen) atoms. The number of H-pyrrole nitrogens is 1. The van der Waals surface area contributed by atoms with Crippen molar-refractivity contribution in [1.29, 1.82) is 0 Å². The number of carbonyl (C=O) groups excluding carboxylic acids is 1. The van der Waals surface area contributed by atoms with E-state index in [9.17, 15) is 27.2 Å². The molecule has 0 saturated heterocycles. The molecule has 0 spiro atoms. The largest absolute Gasteiger partial charge is 0.456 e. The van der Waals surface area contributed by atoms with Gasteiger partial charge in [0.15, 0.2) is 0 Å². The summed E-state index contributed by atoms with van der Waals surface area (Å²) in [7, 11) is 0. The quantitative estimate of drug-likeness (QED) is 0.485. The molecule has 6 nitrogen and oxygen atoms in total. The lowest BCUT2D eigenvalue weighted by Gasteiger charge is -2.17. The second kappa shape index (κ2) is 8.27. The van der Waals surface area contributed by atoms with Crippen LogP contribution < -0.4 is 15.6 Å². The number of hydrogen-bond acceptors (Lipinski definition) is 4. The monoisotopic (exact) mass is 467 g/mol. The van der Waals surface area contributed by atoms with Gasteiger partial charge >= 0.3 is 6.18 Å². The van der Waals surface area contributed by atoms with Gasteiger partial charge < -0.3 is 10.1 Å². The average Bonchev–Trinajstić information content (AvgIpc) is 3.54. The average molecular weight is 468 g/mol. The van der Waals surface area contributed by atoms with Crippen molar-refractivity contribution in [3.05, 3.63) is 80.5 Å². The Balaban J connectivity index is 1.77. The molecule has 2 N–H and O–H groups in total. The second-order valence-corrected chi connectivity index (χ2v) is 7.58. The van der Waals surface area contributed by atoms with Crippen molar-refractivity contribution in [3.8, 4) is 11.5 Å². The Kier molecular flexibility index (Phi) is 5.64. The summed E-state index contributed by atoms with van der Waals surface area (Å²) >= 11 is 5.80. The van der Waals surface area contributed by atoms with E-state index in [2.05, 4.69) is 15.5 Å². The number of amides is 1. The van der Waals surface area contributed by atoms with Crippen LogP contribution in [0.4, 0.5) is 23.2 Å². The van der Waals surface area contributed by atoms with Crippen molar-refractivity contribution >= 4 is 23.2 Å². The number of rotatable bonds is 5. The Hall–Kier alpha value is -3.40. The summed E-state index contributed by atoms with van der Waals surface area (Å²) in [5, 5.41) is 7.33. The van der Waals surface area contributed by atoms with Gasteiger partial charge in [0, 0.05) is 11.6 Å². The standard InChI is InChI=1S/C21H14ClF4N3O3/c22-16-7-14(20(31)28-12-6-19(30)29-27-9-12)18(8-15(16)21(24,25)26)32-17-4-3-11(23)5-13(17)10-1-2-10/h3-10H,1-2H2,(H2,28,29,30,31). The fourth-order valence-corrected chi connectivity index (χ4v) is 3.39. The van der Waals surface area contributed by atoms with Crippen LogP contribution in [0.2, 0.25) is 5.02 Å². The van der Waals surface area contributed by atoms with Crippen LogP contribution in [0.25, 0.3) is 0 Å². The Morgan fingerprint density at radius 3 is 2.56 bits per heavy atom. The maximum absolute atomic E-state index is 13.7. The van der Waals surface area contributed by atoms with Crippen LogP contribution in [0.3, 0.4) is 0 Å². The highest BCUT2D eigenvalue weighted by Crippen LogP contribution is 2.46. The highest BCUT2D eigenvalue weighted by Gasteiger charge is 2.36. The number of nitrogens with zero attached hydrogens (tertiary/aromatic N) is 1. The summed E-state index contributed by atoms with van der Waals surface area (Å²) in [5.41, 5.74) is -1.59. The van der Waals surface area contributed by atoms with Crippen LogP contribution in [0.5, 0.6) is 11.5 Å². The van der Waals surface area contributed by atoms with Crippen molar-refractivity contribution < 1.29 is 27.1 Å². The molecule has 0 aliphatic heterocycles. The van der Waals surface area contributed by atoms with E-state index in [0.29, 0.717) is 11.6 Å². The fraction of sp³-hybridized carbons (Fsp3) is 0.190. The second-order valence-electron chi connectivity index (χ2n) is 7.17. The van der Waals surface area contributed by atoms with Gasteiger partial charge in [-0.05, 0) is 49.1 Å². The third-order valence-corrected chi connectivity index (χ3v) is 5.06. The molecule has 166 valence electrons. The molecule has 0 unspecified atom stereocenters. The maximum Gasteiger partial charge on any atom is 0.417 e. The first-order valence-corrected chi connectivity index (χ1v) is 9.74. The van der Waals surface area contributed by atoms with Gasteiger partial charge in [-0.3, -0.25) is 9.59 Å². The summed E-state index contributed by atoms with van der Waals surface area (Å²) in [5.74, 6) is -1.65. The zero-order valence-electron chi connectivity index (χ0n) is 16.1. The maximum atomic E-state index is 13.7. The third-order valence-electron chi connectivity index (χ3n) is 4.75. The molecule has 1 aromatic heterocycles. The molecule has 1 aliphatic rings. The van der Waals surface area contributed by atoms with E-state index in [0.717, 1.165) is 37.2 Å². The van der Waals surface area contributed by atoms with Gasteiger partial charge in [0.2, 0.25) is 0 Å². The molecule has 1 aliphatic carbocycles. The van der Waals surface area contributed by atoms with Gasteiger partial charge in [0.25, 0.3) is 11.5 Å². The van der Waals surface area contributed by atoms with Crippen molar-refractivity contribution in [1.82, 2.24) is 10.2 Å². The first-order valence-electron chi connectivity index (χ1n) is 9.36. The summed E-state index contributed by atoms with van der Waals surface area (Å²) in [6.45, 7) is 0. The number of ether oxygens (including phenoxy) is 1. The van der Waals surface area contributed by atoms with E-state index >= 15 is 0 Å². The van der Waals surface area contributed by atoms with Gasteiger partial charge in [-0.15, -0.1) is 0 Å². The summed E-state index contributed by atoms with van der Waals surface area (Å²) in [6, 6.07) is 6.16. The van der Waals surface area contributed by atoms with Crippen molar-refractivity contribution in [3.63, 3.8) is 0 Å². The van der Waals surface area contributed by atoms with E-state index < -0.39 is 39.8 Å². The SMILES string of the molecule is O=C(Nc1cn[nH]c(=O)c1)c1cc(Cl)c(C(F)(F)F)cc1Oc1ccc(F)cc1C1CC1. The number of hydrogen-bond donors (Lipinski definition) is 2. The Morgan fingerprint density at radius 1 is 1.16 bits per heavy atom. The molecule has 2 aromatic carbocycles. The van der Waals surface area contributed by atoms with Gasteiger partial charge in [-0.2, -0.15) is 18.3 Å². The predicted octanol–water partition coefficient (Wildman–Crippen LogP) is 5.50. The molecule has 1 heterocycles. The first kappa shape index (κ1) is 21.8. The lowest BCUT2D eigenvalue weighted by Crippen LogP contribution is -2.17. The minimum atomic E-state index is -4.80. The van der Waals surface area contributed by atoms with E-state index in [-0.39, 0.29) is 22.9 Å².